The van der Waals surface area contributed by atoms with Gasteiger partial charge in [0.1, 0.15) is 0 Å². The third-order valence-corrected chi connectivity index (χ3v) is 1.11. The average molecular weight is 148 g/mol. The Morgan fingerprint density at radius 3 is 2.33 bits per heavy atom. The van der Waals surface area contributed by atoms with Crippen LogP contribution in [0.15, 0.2) is 6.20 Å². The summed E-state index contributed by atoms with van der Waals surface area (Å²) in [4.78, 5) is 3.44. The Morgan fingerprint density at radius 1 is 1.67 bits per heavy atom. The van der Waals surface area contributed by atoms with E-state index in [4.69, 9.17) is 5.73 Å². The molecular weight excluding hydrogens is 139 g/mol. The van der Waals surface area contributed by atoms with Gasteiger partial charge >= 0.3 is 0 Å². The van der Waals surface area contributed by atoms with Gasteiger partial charge in [0.2, 0.25) is 0 Å². The highest BCUT2D eigenvalue weighted by molar-refractivity contribution is 7.13. The van der Waals surface area contributed by atoms with Crippen LogP contribution in [0.3, 0.4) is 0 Å². The summed E-state index contributed by atoms with van der Waals surface area (Å²) in [6, 6.07) is 0. The Bertz CT molecular complexity index is 147. The van der Waals surface area contributed by atoms with Crippen LogP contribution in [0.2, 0.25) is 0 Å². The molecule has 1 aromatic rings. The van der Waals surface area contributed by atoms with Crippen LogP contribution in [0.25, 0.3) is 0 Å². The molecule has 9 heavy (non-hydrogen) atoms. The molecule has 1 rings (SSSR count). The molecule has 1 aromatic heterocycles. The Morgan fingerprint density at radius 2 is 2.22 bits per heavy atom. The fourth-order valence-electron chi connectivity index (χ4n) is 0.267. The fourth-order valence-corrected chi connectivity index (χ4v) is 0.678. The molecule has 4 heteroatoms. The second kappa shape index (κ2) is 4.26. The molecule has 0 aliphatic heterocycles. The second-order valence-electron chi connectivity index (χ2n) is 1.00. The van der Waals surface area contributed by atoms with Crippen LogP contribution in [-0.2, 0) is 0 Å². The average Bonchev–Trinajstić information content (AvgIpc) is 2.20. The van der Waals surface area contributed by atoms with Crippen molar-refractivity contribution in [2.24, 2.45) is 0 Å². The minimum absolute atomic E-state index is 0.275. The summed E-state index contributed by atoms with van der Waals surface area (Å²) in [5.74, 6) is 0. The third-order valence-electron chi connectivity index (χ3n) is 0.495. The number of hydrogen-bond donors (Lipinski definition) is 1. The first-order valence-electron chi connectivity index (χ1n) is 2.66. The first-order valence-corrected chi connectivity index (χ1v) is 3.47. The maximum atomic E-state index is 11.8. The van der Waals surface area contributed by atoms with Gasteiger partial charge in [0.25, 0.3) is 0 Å². The van der Waals surface area contributed by atoms with Crippen LogP contribution in [-0.4, -0.2) is 4.98 Å². The minimum Gasteiger partial charge on any atom is -0.375 e. The molecule has 0 unspecified atom stereocenters. The fraction of sp³-hybridized carbons (Fsp3) is 0.400. The molecular formula is C5H9FN2S. The topological polar surface area (TPSA) is 38.9 Å². The van der Waals surface area contributed by atoms with Gasteiger partial charge in [-0.25, -0.2) is 4.98 Å². The van der Waals surface area contributed by atoms with Crippen LogP contribution in [0.4, 0.5) is 9.52 Å². The number of anilines is 1. The highest BCUT2D eigenvalue weighted by Crippen LogP contribution is 2.10. The molecule has 0 aliphatic carbocycles. The predicted molar refractivity (Wildman–Crippen MR) is 37.8 cm³/mol. The van der Waals surface area contributed by atoms with Gasteiger partial charge in [0, 0.05) is 0 Å². The van der Waals surface area contributed by atoms with Gasteiger partial charge in [-0.2, -0.15) is 4.39 Å². The molecule has 2 N–H and O–H groups in total. The molecule has 0 saturated heterocycles. The van der Waals surface area contributed by atoms with Crippen molar-refractivity contribution < 1.29 is 4.39 Å². The van der Waals surface area contributed by atoms with E-state index >= 15 is 0 Å². The maximum Gasteiger partial charge on any atom is 0.198 e. The molecule has 52 valence electrons. The Balaban J connectivity index is 0.000000291. The molecule has 0 aromatic carbocycles. The van der Waals surface area contributed by atoms with Gasteiger partial charge in [-0.1, -0.05) is 25.2 Å². The normalized spacial score (nSPS) is 7.89. The smallest absolute Gasteiger partial charge is 0.198 e. The summed E-state index contributed by atoms with van der Waals surface area (Å²) in [6.45, 7) is 4.00. The summed E-state index contributed by atoms with van der Waals surface area (Å²) < 4.78 is 11.8. The van der Waals surface area contributed by atoms with Crippen molar-refractivity contribution >= 4 is 16.5 Å². The van der Waals surface area contributed by atoms with Gasteiger partial charge in [-0.3, -0.25) is 0 Å². The van der Waals surface area contributed by atoms with Crippen LogP contribution in [0.5, 0.6) is 0 Å². The predicted octanol–water partition coefficient (Wildman–Crippen LogP) is 1.89. The van der Waals surface area contributed by atoms with E-state index in [0.717, 1.165) is 17.5 Å². The first kappa shape index (κ1) is 8.36. The molecule has 0 bridgehead atoms. The quantitative estimate of drug-likeness (QED) is 0.610. The van der Waals surface area contributed by atoms with Gasteiger partial charge in [0.05, 0.1) is 6.20 Å². The number of rotatable bonds is 0. The van der Waals surface area contributed by atoms with E-state index in [1.165, 1.54) is 0 Å². The SMILES string of the molecule is CC.Nc1ncc(F)s1. The Hall–Kier alpha value is -0.640. The summed E-state index contributed by atoms with van der Waals surface area (Å²) in [5, 5.41) is -0.0602. The lowest BCUT2D eigenvalue weighted by molar-refractivity contribution is 0.653. The van der Waals surface area contributed by atoms with Crippen molar-refractivity contribution in [2.45, 2.75) is 13.8 Å². The van der Waals surface area contributed by atoms with E-state index in [1.54, 1.807) is 0 Å². The molecule has 0 saturated carbocycles. The van der Waals surface area contributed by atoms with Crippen molar-refractivity contribution in [2.75, 3.05) is 5.73 Å². The van der Waals surface area contributed by atoms with Gasteiger partial charge in [-0.15, -0.1) is 0 Å². The molecule has 2 nitrogen and oxygen atoms in total. The van der Waals surface area contributed by atoms with Gasteiger partial charge in [0.15, 0.2) is 10.3 Å². The van der Waals surface area contributed by atoms with Crippen LogP contribution < -0.4 is 5.73 Å². The monoisotopic (exact) mass is 148 g/mol. The van der Waals surface area contributed by atoms with Crippen molar-refractivity contribution in [3.05, 3.63) is 11.3 Å². The summed E-state index contributed by atoms with van der Waals surface area (Å²) in [6.07, 6.45) is 1.10. The lowest BCUT2D eigenvalue weighted by Gasteiger charge is -1.68. The van der Waals surface area contributed by atoms with Crippen LogP contribution >= 0.6 is 11.3 Å². The standard InChI is InChI=1S/C3H3FN2S.C2H6/c4-2-1-6-3(5)7-2;1-2/h1H,(H2,5,6);1-2H3. The first-order chi connectivity index (χ1) is 4.29. The van der Waals surface area contributed by atoms with Crippen molar-refractivity contribution in [1.29, 1.82) is 0 Å². The highest BCUT2D eigenvalue weighted by atomic mass is 32.1. The summed E-state index contributed by atoms with van der Waals surface area (Å²) in [7, 11) is 0. The van der Waals surface area contributed by atoms with Crippen LogP contribution in [0, 0.1) is 5.13 Å². The molecule has 0 spiro atoms. The van der Waals surface area contributed by atoms with E-state index in [1.807, 2.05) is 13.8 Å². The summed E-state index contributed by atoms with van der Waals surface area (Å²) >= 11 is 0.843. The minimum atomic E-state index is -0.336. The zero-order chi connectivity index (χ0) is 7.28. The lowest BCUT2D eigenvalue weighted by atomic mass is 11.0. The molecule has 0 radical (unpaired) electrons. The van der Waals surface area contributed by atoms with E-state index < -0.39 is 0 Å². The Kier molecular flexibility index (Phi) is 3.96. The maximum absolute atomic E-state index is 11.8. The number of nitrogens with two attached hydrogens (primary N) is 1. The number of hydrogen-bond acceptors (Lipinski definition) is 3. The number of nitrogen functional groups attached to an aromatic ring is 1. The van der Waals surface area contributed by atoms with Crippen molar-refractivity contribution in [1.82, 2.24) is 4.98 Å². The van der Waals surface area contributed by atoms with E-state index in [0.29, 0.717) is 0 Å². The number of aromatic nitrogens is 1. The molecule has 1 heterocycles. The van der Waals surface area contributed by atoms with Crippen molar-refractivity contribution in [3.8, 4) is 0 Å². The van der Waals surface area contributed by atoms with Gasteiger partial charge < -0.3 is 5.73 Å². The number of halogens is 1. The highest BCUT2D eigenvalue weighted by Gasteiger charge is 1.91. The zero-order valence-corrected chi connectivity index (χ0v) is 6.20. The molecule has 0 aliphatic rings. The number of thiazole rings is 1. The third kappa shape index (κ3) is 3.03. The second-order valence-corrected chi connectivity index (χ2v) is 2.02. The Labute approximate surface area is 57.5 Å². The lowest BCUT2D eigenvalue weighted by Crippen LogP contribution is -1.77. The number of nitrogens with zero attached hydrogens (tertiary/aromatic N) is 1. The van der Waals surface area contributed by atoms with Gasteiger partial charge in [-0.05, 0) is 0 Å². The summed E-state index contributed by atoms with van der Waals surface area (Å²) in [5.41, 5.74) is 5.05. The zero-order valence-electron chi connectivity index (χ0n) is 5.39. The van der Waals surface area contributed by atoms with E-state index in [9.17, 15) is 4.39 Å². The molecule has 0 atom stereocenters. The molecule has 0 fully saturated rings. The van der Waals surface area contributed by atoms with E-state index in [-0.39, 0.29) is 10.3 Å². The van der Waals surface area contributed by atoms with E-state index in [2.05, 4.69) is 4.98 Å². The van der Waals surface area contributed by atoms with Crippen LogP contribution in [0.1, 0.15) is 13.8 Å². The van der Waals surface area contributed by atoms with Crippen molar-refractivity contribution in [3.63, 3.8) is 0 Å². The largest absolute Gasteiger partial charge is 0.375 e. The molecule has 0 amide bonds.